The standard InChI is InChI=1S/C23H32N2O2S/c1-19-18-28-22(24-19)23(10-16-26-17-11-23)20-6-8-21(9-7-20)27-15-5-4-14-25-12-2-3-13-25/h6-9,18H,2-5,10-17H2,1H3. The van der Waals surface area contributed by atoms with Crippen LogP contribution in [-0.2, 0) is 10.2 Å². The Balaban J connectivity index is 1.34. The number of unbranched alkanes of at least 4 members (excludes halogenated alkanes) is 1. The summed E-state index contributed by atoms with van der Waals surface area (Å²) in [5.41, 5.74) is 2.44. The first-order valence-electron chi connectivity index (χ1n) is 10.7. The minimum atomic E-state index is -0.00850. The number of benzene rings is 1. The van der Waals surface area contributed by atoms with E-state index in [-0.39, 0.29) is 5.41 Å². The maximum Gasteiger partial charge on any atom is 0.119 e. The molecule has 2 fully saturated rings. The van der Waals surface area contributed by atoms with Crippen LogP contribution in [-0.4, -0.2) is 49.3 Å². The Hall–Kier alpha value is -1.43. The van der Waals surface area contributed by atoms with Gasteiger partial charge in [-0.2, -0.15) is 0 Å². The number of hydrogen-bond donors (Lipinski definition) is 0. The highest BCUT2D eigenvalue weighted by molar-refractivity contribution is 7.09. The van der Waals surface area contributed by atoms with Crippen molar-refractivity contribution in [1.82, 2.24) is 9.88 Å². The third-order valence-electron chi connectivity index (χ3n) is 6.12. The smallest absolute Gasteiger partial charge is 0.119 e. The van der Waals surface area contributed by atoms with Gasteiger partial charge in [-0.15, -0.1) is 11.3 Å². The SMILES string of the molecule is Cc1csc(C2(c3ccc(OCCCCN4CCCC4)cc3)CCOCC2)n1. The number of aryl methyl sites for hydroxylation is 1. The first kappa shape index (κ1) is 19.9. The lowest BCUT2D eigenvalue weighted by Gasteiger charge is -2.36. The van der Waals surface area contributed by atoms with Crippen LogP contribution in [0.1, 0.15) is 54.8 Å². The van der Waals surface area contributed by atoms with Gasteiger partial charge in [0.25, 0.3) is 0 Å². The predicted molar refractivity (Wildman–Crippen MR) is 115 cm³/mol. The number of rotatable bonds is 8. The highest BCUT2D eigenvalue weighted by Crippen LogP contribution is 2.42. The summed E-state index contributed by atoms with van der Waals surface area (Å²) < 4.78 is 11.7. The number of hydrogen-bond acceptors (Lipinski definition) is 5. The van der Waals surface area contributed by atoms with E-state index in [1.165, 1.54) is 49.5 Å². The van der Waals surface area contributed by atoms with Gasteiger partial charge in [0.15, 0.2) is 0 Å². The molecule has 1 aromatic carbocycles. The number of ether oxygens (including phenoxy) is 2. The van der Waals surface area contributed by atoms with Crippen LogP contribution in [0.2, 0.25) is 0 Å². The van der Waals surface area contributed by atoms with E-state index < -0.39 is 0 Å². The van der Waals surface area contributed by atoms with Crippen LogP contribution in [0.5, 0.6) is 5.75 Å². The van der Waals surface area contributed by atoms with Crippen molar-refractivity contribution in [3.63, 3.8) is 0 Å². The average Bonchev–Trinajstić information content (AvgIpc) is 3.41. The van der Waals surface area contributed by atoms with Crippen molar-refractivity contribution < 1.29 is 9.47 Å². The number of aromatic nitrogens is 1. The fraction of sp³-hybridized carbons (Fsp3) is 0.609. The molecule has 2 saturated heterocycles. The van der Waals surface area contributed by atoms with Gasteiger partial charge in [-0.1, -0.05) is 12.1 Å². The molecule has 1 aromatic heterocycles. The van der Waals surface area contributed by atoms with Gasteiger partial charge in [-0.3, -0.25) is 0 Å². The normalized spacial score (nSPS) is 19.8. The van der Waals surface area contributed by atoms with Crippen LogP contribution < -0.4 is 4.74 Å². The lowest BCUT2D eigenvalue weighted by atomic mass is 9.74. The van der Waals surface area contributed by atoms with E-state index in [0.717, 1.165) is 50.5 Å². The molecule has 2 aliphatic rings. The molecular weight excluding hydrogens is 368 g/mol. The molecule has 0 amide bonds. The highest BCUT2D eigenvalue weighted by Gasteiger charge is 2.38. The zero-order valence-corrected chi connectivity index (χ0v) is 17.8. The van der Waals surface area contributed by atoms with E-state index in [9.17, 15) is 0 Å². The maximum absolute atomic E-state index is 6.00. The Morgan fingerprint density at radius 1 is 1.11 bits per heavy atom. The lowest BCUT2D eigenvalue weighted by Crippen LogP contribution is -2.35. The summed E-state index contributed by atoms with van der Waals surface area (Å²) in [5, 5.41) is 3.38. The molecule has 4 nitrogen and oxygen atoms in total. The first-order chi connectivity index (χ1) is 13.8. The summed E-state index contributed by atoms with van der Waals surface area (Å²) >= 11 is 1.78. The van der Waals surface area contributed by atoms with Gasteiger partial charge in [-0.25, -0.2) is 4.98 Å². The van der Waals surface area contributed by atoms with E-state index in [0.29, 0.717) is 0 Å². The first-order valence-corrected chi connectivity index (χ1v) is 11.6. The van der Waals surface area contributed by atoms with Crippen LogP contribution >= 0.6 is 11.3 Å². The van der Waals surface area contributed by atoms with Crippen molar-refractivity contribution in [1.29, 1.82) is 0 Å². The molecule has 0 saturated carbocycles. The fourth-order valence-electron chi connectivity index (χ4n) is 4.42. The summed E-state index contributed by atoms with van der Waals surface area (Å²) in [6.07, 6.45) is 7.09. The summed E-state index contributed by atoms with van der Waals surface area (Å²) in [5.74, 6) is 0.974. The Morgan fingerprint density at radius 2 is 1.86 bits per heavy atom. The van der Waals surface area contributed by atoms with Gasteiger partial charge in [0.05, 0.1) is 12.0 Å². The topological polar surface area (TPSA) is 34.6 Å². The lowest BCUT2D eigenvalue weighted by molar-refractivity contribution is 0.0630. The molecule has 2 aliphatic heterocycles. The van der Waals surface area contributed by atoms with Crippen molar-refractivity contribution in [2.24, 2.45) is 0 Å². The summed E-state index contributed by atoms with van der Waals surface area (Å²) in [4.78, 5) is 7.41. The molecule has 0 unspecified atom stereocenters. The molecule has 0 bridgehead atoms. The Morgan fingerprint density at radius 3 is 2.54 bits per heavy atom. The molecule has 28 heavy (non-hydrogen) atoms. The van der Waals surface area contributed by atoms with Crippen molar-refractivity contribution in [3.05, 3.63) is 45.9 Å². The Kier molecular flexibility index (Phi) is 6.65. The van der Waals surface area contributed by atoms with Crippen molar-refractivity contribution in [3.8, 4) is 5.75 Å². The zero-order chi connectivity index (χ0) is 19.2. The number of nitrogens with zero attached hydrogens (tertiary/aromatic N) is 2. The quantitative estimate of drug-likeness (QED) is 0.596. The fourth-order valence-corrected chi connectivity index (χ4v) is 5.50. The largest absolute Gasteiger partial charge is 0.494 e. The van der Waals surface area contributed by atoms with Gasteiger partial charge in [-0.05, 0) is 82.8 Å². The molecular formula is C23H32N2O2S. The number of thiazole rings is 1. The van der Waals surface area contributed by atoms with Gasteiger partial charge in [0.1, 0.15) is 10.8 Å². The minimum absolute atomic E-state index is 0.00850. The molecule has 0 radical (unpaired) electrons. The summed E-state index contributed by atoms with van der Waals surface area (Å²) in [7, 11) is 0. The van der Waals surface area contributed by atoms with Crippen molar-refractivity contribution in [2.45, 2.75) is 50.9 Å². The van der Waals surface area contributed by atoms with E-state index >= 15 is 0 Å². The third-order valence-corrected chi connectivity index (χ3v) is 7.28. The van der Waals surface area contributed by atoms with Crippen molar-refractivity contribution in [2.75, 3.05) is 39.5 Å². The summed E-state index contributed by atoms with van der Waals surface area (Å²) in [6, 6.07) is 8.74. The average molecular weight is 401 g/mol. The predicted octanol–water partition coefficient (Wildman–Crippen LogP) is 4.80. The second kappa shape index (κ2) is 9.38. The van der Waals surface area contributed by atoms with Gasteiger partial charge < -0.3 is 14.4 Å². The van der Waals surface area contributed by atoms with Gasteiger partial charge >= 0.3 is 0 Å². The van der Waals surface area contributed by atoms with Crippen LogP contribution in [0, 0.1) is 6.92 Å². The van der Waals surface area contributed by atoms with Crippen LogP contribution in [0.25, 0.3) is 0 Å². The molecule has 0 aliphatic carbocycles. The molecule has 0 N–H and O–H groups in total. The maximum atomic E-state index is 6.00. The molecule has 0 spiro atoms. The summed E-state index contributed by atoms with van der Waals surface area (Å²) in [6.45, 7) is 8.27. The van der Waals surface area contributed by atoms with Crippen molar-refractivity contribution >= 4 is 11.3 Å². The molecule has 152 valence electrons. The van der Waals surface area contributed by atoms with Crippen LogP contribution in [0.15, 0.2) is 29.6 Å². The zero-order valence-electron chi connectivity index (χ0n) is 17.0. The van der Waals surface area contributed by atoms with Crippen LogP contribution in [0.4, 0.5) is 0 Å². The monoisotopic (exact) mass is 400 g/mol. The van der Waals surface area contributed by atoms with E-state index in [4.69, 9.17) is 14.5 Å². The minimum Gasteiger partial charge on any atom is -0.494 e. The second-order valence-corrected chi connectivity index (χ2v) is 8.98. The molecule has 5 heteroatoms. The van der Waals surface area contributed by atoms with Gasteiger partial charge in [0.2, 0.25) is 0 Å². The van der Waals surface area contributed by atoms with Crippen LogP contribution in [0.3, 0.4) is 0 Å². The van der Waals surface area contributed by atoms with E-state index in [1.54, 1.807) is 11.3 Å². The Bertz CT molecular complexity index is 731. The van der Waals surface area contributed by atoms with E-state index in [2.05, 4.69) is 41.5 Å². The molecule has 4 rings (SSSR count). The van der Waals surface area contributed by atoms with Gasteiger partial charge in [0, 0.05) is 24.3 Å². The molecule has 2 aromatic rings. The molecule has 3 heterocycles. The second-order valence-electron chi connectivity index (χ2n) is 8.12. The Labute approximate surface area is 172 Å². The highest BCUT2D eigenvalue weighted by atomic mass is 32.1. The third kappa shape index (κ3) is 4.58. The number of likely N-dealkylation sites (tertiary alicyclic amines) is 1. The molecule has 0 atom stereocenters. The van der Waals surface area contributed by atoms with E-state index in [1.807, 2.05) is 0 Å².